The number of amides is 1. The molecule has 1 aromatic carbocycles. The molecule has 0 aliphatic carbocycles. The molecule has 0 radical (unpaired) electrons. The van der Waals surface area contributed by atoms with Crippen LogP contribution in [-0.4, -0.2) is 41.5 Å². The number of ether oxygens (including phenoxy) is 1. The molecule has 23 heavy (non-hydrogen) atoms. The van der Waals surface area contributed by atoms with Crippen molar-refractivity contribution in [1.29, 1.82) is 0 Å². The summed E-state index contributed by atoms with van der Waals surface area (Å²) in [5.74, 6) is -0.867. The van der Waals surface area contributed by atoms with Crippen molar-refractivity contribution >= 4 is 23.6 Å². The van der Waals surface area contributed by atoms with Gasteiger partial charge in [0.2, 0.25) is 0 Å². The van der Waals surface area contributed by atoms with Crippen molar-refractivity contribution in [1.82, 2.24) is 5.32 Å². The lowest BCUT2D eigenvalue weighted by Crippen LogP contribution is -2.42. The summed E-state index contributed by atoms with van der Waals surface area (Å²) in [7, 11) is 0. The van der Waals surface area contributed by atoms with Crippen molar-refractivity contribution in [2.75, 3.05) is 13.2 Å². The molecule has 2 unspecified atom stereocenters. The number of aliphatic carboxylic acids is 1. The number of thioether (sulfide) groups is 1. The maximum atomic E-state index is 12.6. The third-order valence-corrected chi connectivity index (χ3v) is 4.57. The van der Waals surface area contributed by atoms with Gasteiger partial charge in [-0.25, -0.2) is 0 Å². The Morgan fingerprint density at radius 1 is 1.26 bits per heavy atom. The first-order valence-corrected chi connectivity index (χ1v) is 8.61. The van der Waals surface area contributed by atoms with Crippen LogP contribution in [0.3, 0.4) is 0 Å². The Kier molecular flexibility index (Phi) is 8.12. The van der Waals surface area contributed by atoms with Crippen molar-refractivity contribution in [2.24, 2.45) is 5.92 Å². The van der Waals surface area contributed by atoms with Crippen LogP contribution in [0.25, 0.3) is 0 Å². The summed E-state index contributed by atoms with van der Waals surface area (Å²) in [6.07, 6.45) is 0. The van der Waals surface area contributed by atoms with Crippen LogP contribution in [0.15, 0.2) is 29.2 Å². The van der Waals surface area contributed by atoms with E-state index in [2.05, 4.69) is 5.32 Å². The highest BCUT2D eigenvalue weighted by molar-refractivity contribution is 8.00. The van der Waals surface area contributed by atoms with E-state index in [1.54, 1.807) is 31.2 Å². The van der Waals surface area contributed by atoms with Gasteiger partial charge >= 0.3 is 5.97 Å². The summed E-state index contributed by atoms with van der Waals surface area (Å²) in [6, 6.07) is 6.97. The van der Waals surface area contributed by atoms with Gasteiger partial charge in [-0.1, -0.05) is 26.0 Å². The molecule has 2 N–H and O–H groups in total. The van der Waals surface area contributed by atoms with Gasteiger partial charge < -0.3 is 15.2 Å². The lowest BCUT2D eigenvalue weighted by molar-refractivity contribution is -0.136. The Bertz CT molecular complexity index is 533. The largest absolute Gasteiger partial charge is 0.480 e. The SMILES string of the molecule is CCOCC(NC(=O)c1ccccc1SC(C)C(=O)O)C(C)C. The van der Waals surface area contributed by atoms with Crippen LogP contribution in [0.4, 0.5) is 0 Å². The molecule has 0 spiro atoms. The van der Waals surface area contributed by atoms with Crippen molar-refractivity contribution in [2.45, 2.75) is 43.9 Å². The van der Waals surface area contributed by atoms with Gasteiger partial charge in [0, 0.05) is 11.5 Å². The van der Waals surface area contributed by atoms with E-state index in [0.29, 0.717) is 23.7 Å². The van der Waals surface area contributed by atoms with Crippen LogP contribution >= 0.6 is 11.8 Å². The van der Waals surface area contributed by atoms with Gasteiger partial charge in [-0.2, -0.15) is 0 Å². The van der Waals surface area contributed by atoms with Crippen LogP contribution in [0.5, 0.6) is 0 Å². The number of carbonyl (C=O) groups excluding carboxylic acids is 1. The standard InChI is InChI=1S/C17H25NO4S/c1-5-22-10-14(11(2)3)18-16(19)13-8-6-7-9-15(13)23-12(4)17(20)21/h6-9,11-12,14H,5,10H2,1-4H3,(H,18,19)(H,20,21). The fourth-order valence-corrected chi connectivity index (χ4v) is 2.82. The predicted octanol–water partition coefficient (Wildman–Crippen LogP) is 3.04. The van der Waals surface area contributed by atoms with Crippen LogP contribution in [-0.2, 0) is 9.53 Å². The number of hydrogen-bond acceptors (Lipinski definition) is 4. The maximum absolute atomic E-state index is 12.6. The van der Waals surface area contributed by atoms with Gasteiger partial charge in [-0.05, 0) is 31.9 Å². The van der Waals surface area contributed by atoms with Gasteiger partial charge in [-0.3, -0.25) is 9.59 Å². The first-order chi connectivity index (χ1) is 10.9. The number of hydrogen-bond donors (Lipinski definition) is 2. The smallest absolute Gasteiger partial charge is 0.316 e. The van der Waals surface area contributed by atoms with E-state index in [4.69, 9.17) is 9.84 Å². The van der Waals surface area contributed by atoms with E-state index in [9.17, 15) is 9.59 Å². The lowest BCUT2D eigenvalue weighted by atomic mass is 10.0. The minimum atomic E-state index is -0.901. The highest BCUT2D eigenvalue weighted by Crippen LogP contribution is 2.27. The minimum absolute atomic E-state index is 0.0857. The molecule has 2 atom stereocenters. The highest BCUT2D eigenvalue weighted by atomic mass is 32.2. The van der Waals surface area contributed by atoms with Crippen molar-refractivity contribution in [3.05, 3.63) is 29.8 Å². The van der Waals surface area contributed by atoms with Crippen LogP contribution in [0.1, 0.15) is 38.1 Å². The zero-order chi connectivity index (χ0) is 17.4. The third kappa shape index (κ3) is 6.23. The summed E-state index contributed by atoms with van der Waals surface area (Å²) < 4.78 is 5.42. The first-order valence-electron chi connectivity index (χ1n) is 7.73. The zero-order valence-electron chi connectivity index (χ0n) is 14.0. The number of carbonyl (C=O) groups is 2. The molecule has 5 nitrogen and oxygen atoms in total. The van der Waals surface area contributed by atoms with Crippen molar-refractivity contribution < 1.29 is 19.4 Å². The molecule has 128 valence electrons. The van der Waals surface area contributed by atoms with Gasteiger partial charge in [0.05, 0.1) is 18.2 Å². The number of nitrogens with one attached hydrogen (secondary N) is 1. The number of carboxylic acids is 1. The van der Waals surface area contributed by atoms with E-state index in [1.165, 1.54) is 11.8 Å². The Balaban J connectivity index is 2.88. The van der Waals surface area contributed by atoms with E-state index >= 15 is 0 Å². The second-order valence-electron chi connectivity index (χ2n) is 5.58. The molecular weight excluding hydrogens is 314 g/mol. The maximum Gasteiger partial charge on any atom is 0.316 e. The Morgan fingerprint density at radius 3 is 2.48 bits per heavy atom. The molecule has 0 bridgehead atoms. The van der Waals surface area contributed by atoms with Crippen molar-refractivity contribution in [3.63, 3.8) is 0 Å². The van der Waals surface area contributed by atoms with Gasteiger partial charge in [0.25, 0.3) is 5.91 Å². The molecule has 1 amide bonds. The number of benzene rings is 1. The number of carboxylic acid groups (broad SMARTS) is 1. The average Bonchev–Trinajstić information content (AvgIpc) is 2.51. The quantitative estimate of drug-likeness (QED) is 0.676. The van der Waals surface area contributed by atoms with E-state index in [-0.39, 0.29) is 17.9 Å². The molecule has 0 aliphatic heterocycles. The molecule has 0 saturated carbocycles. The monoisotopic (exact) mass is 339 g/mol. The molecular formula is C17H25NO4S. The van der Waals surface area contributed by atoms with E-state index in [0.717, 1.165) is 0 Å². The molecule has 0 fully saturated rings. The Labute approximate surface area is 141 Å². The minimum Gasteiger partial charge on any atom is -0.480 e. The zero-order valence-corrected chi connectivity index (χ0v) is 14.9. The van der Waals surface area contributed by atoms with Gasteiger partial charge in [0.1, 0.15) is 5.25 Å². The second kappa shape index (κ2) is 9.57. The summed E-state index contributed by atoms with van der Waals surface area (Å²) in [5, 5.41) is 11.4. The topological polar surface area (TPSA) is 75.6 Å². The summed E-state index contributed by atoms with van der Waals surface area (Å²) >= 11 is 1.17. The molecule has 0 aromatic heterocycles. The summed E-state index contributed by atoms with van der Waals surface area (Å²) in [6.45, 7) is 8.63. The lowest BCUT2D eigenvalue weighted by Gasteiger charge is -2.23. The van der Waals surface area contributed by atoms with E-state index in [1.807, 2.05) is 20.8 Å². The average molecular weight is 339 g/mol. The van der Waals surface area contributed by atoms with Crippen LogP contribution in [0.2, 0.25) is 0 Å². The highest BCUT2D eigenvalue weighted by Gasteiger charge is 2.21. The fourth-order valence-electron chi connectivity index (χ4n) is 1.89. The third-order valence-electron chi connectivity index (χ3n) is 3.41. The number of rotatable bonds is 9. The van der Waals surface area contributed by atoms with E-state index < -0.39 is 11.2 Å². The molecule has 0 heterocycles. The second-order valence-corrected chi connectivity index (χ2v) is 6.96. The van der Waals surface area contributed by atoms with Gasteiger partial charge in [-0.15, -0.1) is 11.8 Å². The van der Waals surface area contributed by atoms with Crippen molar-refractivity contribution in [3.8, 4) is 0 Å². The molecule has 0 aliphatic rings. The molecule has 1 rings (SSSR count). The van der Waals surface area contributed by atoms with Crippen LogP contribution < -0.4 is 5.32 Å². The van der Waals surface area contributed by atoms with Gasteiger partial charge in [0.15, 0.2) is 0 Å². The molecule has 0 saturated heterocycles. The Hall–Kier alpha value is -1.53. The Morgan fingerprint density at radius 2 is 1.91 bits per heavy atom. The summed E-state index contributed by atoms with van der Waals surface area (Å²) in [4.78, 5) is 24.3. The fraction of sp³-hybridized carbons (Fsp3) is 0.529. The predicted molar refractivity (Wildman–Crippen MR) is 92.0 cm³/mol. The molecule has 6 heteroatoms. The first kappa shape index (κ1) is 19.5. The normalized spacial score (nSPS) is 13.6. The van der Waals surface area contributed by atoms with Crippen LogP contribution in [0, 0.1) is 5.92 Å². The molecule has 1 aromatic rings. The summed E-state index contributed by atoms with van der Waals surface area (Å²) in [5.41, 5.74) is 0.493.